The lowest BCUT2D eigenvalue weighted by Crippen LogP contribution is -2.47. The maximum atomic E-state index is 12.6. The summed E-state index contributed by atoms with van der Waals surface area (Å²) in [6, 6.07) is 8.75. The standard InChI is InChI=1S/C22H36N4O/c1-19-4-3-5-21(18-19)25-16-14-24(15-17-25)11-9-22(27)26-12-7-20(8-13-26)6-10-23-2/h3-5,18,20,23H,6-17H2,1-2H3. The number of amides is 1. The second-order valence-corrected chi connectivity index (χ2v) is 8.13. The Balaban J connectivity index is 1.35. The molecule has 0 atom stereocenters. The topological polar surface area (TPSA) is 38.8 Å². The van der Waals surface area contributed by atoms with Crippen LogP contribution in [0.2, 0.25) is 0 Å². The molecule has 5 heteroatoms. The minimum absolute atomic E-state index is 0.350. The Morgan fingerprint density at radius 2 is 1.85 bits per heavy atom. The molecule has 2 aliphatic rings. The van der Waals surface area contributed by atoms with Crippen molar-refractivity contribution >= 4 is 11.6 Å². The molecule has 0 radical (unpaired) electrons. The second-order valence-electron chi connectivity index (χ2n) is 8.13. The monoisotopic (exact) mass is 372 g/mol. The summed E-state index contributed by atoms with van der Waals surface area (Å²) in [7, 11) is 2.01. The van der Waals surface area contributed by atoms with E-state index < -0.39 is 0 Å². The normalized spacial score (nSPS) is 19.5. The summed E-state index contributed by atoms with van der Waals surface area (Å²) in [5, 5.41) is 3.23. The number of piperidine rings is 1. The van der Waals surface area contributed by atoms with Crippen LogP contribution in [0.15, 0.2) is 24.3 Å². The molecular formula is C22H36N4O. The Bertz CT molecular complexity index is 590. The van der Waals surface area contributed by atoms with Gasteiger partial charge in [0.05, 0.1) is 0 Å². The van der Waals surface area contributed by atoms with Crippen molar-refractivity contribution in [3.8, 4) is 0 Å². The van der Waals surface area contributed by atoms with Crippen LogP contribution in [0.5, 0.6) is 0 Å². The van der Waals surface area contributed by atoms with Crippen LogP contribution in [0.25, 0.3) is 0 Å². The van der Waals surface area contributed by atoms with E-state index in [2.05, 4.69) is 51.2 Å². The molecule has 2 heterocycles. The maximum absolute atomic E-state index is 12.6. The number of carbonyl (C=O) groups is 1. The van der Waals surface area contributed by atoms with Crippen LogP contribution in [-0.4, -0.2) is 75.1 Å². The second kappa shape index (κ2) is 10.1. The number of benzene rings is 1. The highest BCUT2D eigenvalue weighted by Gasteiger charge is 2.23. The first-order valence-electron chi connectivity index (χ1n) is 10.6. The van der Waals surface area contributed by atoms with E-state index in [4.69, 9.17) is 0 Å². The minimum Gasteiger partial charge on any atom is -0.369 e. The maximum Gasteiger partial charge on any atom is 0.223 e. The number of piperazine rings is 1. The largest absolute Gasteiger partial charge is 0.369 e. The fourth-order valence-electron chi connectivity index (χ4n) is 4.29. The summed E-state index contributed by atoms with van der Waals surface area (Å²) in [6.45, 7) is 10.2. The van der Waals surface area contributed by atoms with Gasteiger partial charge in [0, 0.05) is 57.9 Å². The van der Waals surface area contributed by atoms with Crippen LogP contribution in [0.4, 0.5) is 5.69 Å². The molecule has 150 valence electrons. The third kappa shape index (κ3) is 5.94. The van der Waals surface area contributed by atoms with Gasteiger partial charge in [-0.05, 0) is 63.4 Å². The van der Waals surface area contributed by atoms with Gasteiger partial charge in [-0.1, -0.05) is 12.1 Å². The van der Waals surface area contributed by atoms with Gasteiger partial charge in [0.15, 0.2) is 0 Å². The van der Waals surface area contributed by atoms with Crippen LogP contribution in [0, 0.1) is 12.8 Å². The van der Waals surface area contributed by atoms with Crippen molar-refractivity contribution in [3.05, 3.63) is 29.8 Å². The molecule has 0 bridgehead atoms. The first kappa shape index (κ1) is 20.2. The lowest BCUT2D eigenvalue weighted by Gasteiger charge is -2.37. The van der Waals surface area contributed by atoms with Gasteiger partial charge < -0.3 is 15.1 Å². The Morgan fingerprint density at radius 1 is 1.11 bits per heavy atom. The van der Waals surface area contributed by atoms with Crippen LogP contribution in [-0.2, 0) is 4.79 Å². The lowest BCUT2D eigenvalue weighted by molar-refractivity contribution is -0.133. The van der Waals surface area contributed by atoms with E-state index in [1.54, 1.807) is 0 Å². The molecule has 2 aliphatic heterocycles. The van der Waals surface area contributed by atoms with Crippen molar-refractivity contribution in [3.63, 3.8) is 0 Å². The van der Waals surface area contributed by atoms with Crippen molar-refractivity contribution in [1.29, 1.82) is 0 Å². The van der Waals surface area contributed by atoms with E-state index in [-0.39, 0.29) is 0 Å². The third-order valence-corrected chi connectivity index (χ3v) is 6.15. The Morgan fingerprint density at radius 3 is 2.52 bits per heavy atom. The fraction of sp³-hybridized carbons (Fsp3) is 0.682. The third-order valence-electron chi connectivity index (χ3n) is 6.15. The van der Waals surface area contributed by atoms with Gasteiger partial charge in [-0.15, -0.1) is 0 Å². The number of hydrogen-bond donors (Lipinski definition) is 1. The number of hydrogen-bond acceptors (Lipinski definition) is 4. The first-order chi connectivity index (χ1) is 13.2. The predicted octanol–water partition coefficient (Wildman–Crippen LogP) is 2.36. The van der Waals surface area contributed by atoms with Crippen LogP contribution in [0.3, 0.4) is 0 Å². The molecule has 1 aromatic carbocycles. The number of likely N-dealkylation sites (tertiary alicyclic amines) is 1. The van der Waals surface area contributed by atoms with Gasteiger partial charge in [-0.2, -0.15) is 0 Å². The first-order valence-corrected chi connectivity index (χ1v) is 10.6. The van der Waals surface area contributed by atoms with Crippen molar-refractivity contribution in [2.24, 2.45) is 5.92 Å². The molecule has 1 N–H and O–H groups in total. The van der Waals surface area contributed by atoms with Gasteiger partial charge in [0.2, 0.25) is 5.91 Å². The molecule has 27 heavy (non-hydrogen) atoms. The molecular weight excluding hydrogens is 336 g/mol. The number of carbonyl (C=O) groups excluding carboxylic acids is 1. The summed E-state index contributed by atoms with van der Waals surface area (Å²) in [4.78, 5) is 19.6. The van der Waals surface area contributed by atoms with Gasteiger partial charge in [-0.3, -0.25) is 9.69 Å². The minimum atomic E-state index is 0.350. The zero-order valence-electron chi connectivity index (χ0n) is 17.1. The average Bonchev–Trinajstić information content (AvgIpc) is 2.71. The molecule has 2 fully saturated rings. The van der Waals surface area contributed by atoms with Crippen molar-refractivity contribution < 1.29 is 4.79 Å². The quantitative estimate of drug-likeness (QED) is 0.797. The van der Waals surface area contributed by atoms with E-state index >= 15 is 0 Å². The molecule has 3 rings (SSSR count). The van der Waals surface area contributed by atoms with E-state index in [9.17, 15) is 4.79 Å². The summed E-state index contributed by atoms with van der Waals surface area (Å²) in [5.41, 5.74) is 2.64. The fourth-order valence-corrected chi connectivity index (χ4v) is 4.29. The number of anilines is 1. The van der Waals surface area contributed by atoms with Gasteiger partial charge in [0.25, 0.3) is 0 Å². The summed E-state index contributed by atoms with van der Waals surface area (Å²) in [5.74, 6) is 1.14. The highest BCUT2D eigenvalue weighted by atomic mass is 16.2. The molecule has 1 aromatic rings. The van der Waals surface area contributed by atoms with Crippen molar-refractivity contribution in [1.82, 2.24) is 15.1 Å². The molecule has 5 nitrogen and oxygen atoms in total. The lowest BCUT2D eigenvalue weighted by atomic mass is 9.93. The zero-order valence-corrected chi connectivity index (χ0v) is 17.1. The van der Waals surface area contributed by atoms with E-state index in [0.717, 1.165) is 58.3 Å². The highest BCUT2D eigenvalue weighted by molar-refractivity contribution is 5.76. The molecule has 0 aromatic heterocycles. The van der Waals surface area contributed by atoms with E-state index in [0.29, 0.717) is 12.3 Å². The van der Waals surface area contributed by atoms with Crippen molar-refractivity contribution in [2.45, 2.75) is 32.6 Å². The molecule has 0 spiro atoms. The highest BCUT2D eigenvalue weighted by Crippen LogP contribution is 2.21. The number of rotatable bonds is 7. The number of nitrogens with one attached hydrogen (secondary N) is 1. The van der Waals surface area contributed by atoms with Crippen LogP contribution < -0.4 is 10.2 Å². The average molecular weight is 373 g/mol. The van der Waals surface area contributed by atoms with Crippen LogP contribution >= 0.6 is 0 Å². The smallest absolute Gasteiger partial charge is 0.223 e. The number of aryl methyl sites for hydroxylation is 1. The SMILES string of the molecule is CNCCC1CCN(C(=O)CCN2CCN(c3cccc(C)c3)CC2)CC1. The Kier molecular flexibility index (Phi) is 7.53. The van der Waals surface area contributed by atoms with Gasteiger partial charge >= 0.3 is 0 Å². The Labute approximate surface area is 164 Å². The zero-order chi connectivity index (χ0) is 19.1. The molecule has 0 aliphatic carbocycles. The predicted molar refractivity (Wildman–Crippen MR) is 112 cm³/mol. The Hall–Kier alpha value is -1.59. The summed E-state index contributed by atoms with van der Waals surface area (Å²) >= 11 is 0. The van der Waals surface area contributed by atoms with Gasteiger partial charge in [-0.25, -0.2) is 0 Å². The number of nitrogens with zero attached hydrogens (tertiary/aromatic N) is 3. The molecule has 0 saturated carbocycles. The van der Waals surface area contributed by atoms with E-state index in [1.807, 2.05) is 7.05 Å². The molecule has 0 unspecified atom stereocenters. The van der Waals surface area contributed by atoms with Gasteiger partial charge in [0.1, 0.15) is 0 Å². The van der Waals surface area contributed by atoms with Crippen molar-refractivity contribution in [2.75, 3.05) is 64.3 Å². The molecule has 2 saturated heterocycles. The molecule has 1 amide bonds. The summed E-state index contributed by atoms with van der Waals surface area (Å²) < 4.78 is 0. The summed E-state index contributed by atoms with van der Waals surface area (Å²) in [6.07, 6.45) is 4.25. The van der Waals surface area contributed by atoms with Crippen LogP contribution in [0.1, 0.15) is 31.2 Å². The van der Waals surface area contributed by atoms with E-state index in [1.165, 1.54) is 30.5 Å².